The third kappa shape index (κ3) is 4.38. The van der Waals surface area contributed by atoms with Crippen LogP contribution in [0.2, 0.25) is 0 Å². The lowest BCUT2D eigenvalue weighted by molar-refractivity contribution is -0.145. The van der Waals surface area contributed by atoms with Gasteiger partial charge >= 0.3 is 5.97 Å². The SMILES string of the molecule is COC(=O)[C@H](Cn1ccnc1)NC(=O)CCn1cnc2ccccc2c1=O. The summed E-state index contributed by atoms with van der Waals surface area (Å²) in [5, 5.41) is 3.13. The van der Waals surface area contributed by atoms with Gasteiger partial charge in [0.15, 0.2) is 0 Å². The van der Waals surface area contributed by atoms with Crippen LogP contribution in [-0.4, -0.2) is 44.1 Å². The smallest absolute Gasteiger partial charge is 0.330 e. The Morgan fingerprint density at radius 3 is 2.81 bits per heavy atom. The molecule has 0 aliphatic heterocycles. The van der Waals surface area contributed by atoms with Crippen molar-refractivity contribution in [3.8, 4) is 0 Å². The summed E-state index contributed by atoms with van der Waals surface area (Å²) in [6, 6.07) is 6.17. The molecule has 140 valence electrons. The van der Waals surface area contributed by atoms with Crippen molar-refractivity contribution < 1.29 is 14.3 Å². The predicted molar refractivity (Wildman–Crippen MR) is 96.8 cm³/mol. The van der Waals surface area contributed by atoms with E-state index in [1.807, 2.05) is 0 Å². The highest BCUT2D eigenvalue weighted by atomic mass is 16.5. The molecular formula is C18H19N5O4. The first kappa shape index (κ1) is 18.3. The molecule has 3 rings (SSSR count). The summed E-state index contributed by atoms with van der Waals surface area (Å²) in [6.07, 6.45) is 6.25. The number of hydrogen-bond acceptors (Lipinski definition) is 6. The zero-order valence-electron chi connectivity index (χ0n) is 14.7. The highest BCUT2D eigenvalue weighted by molar-refractivity contribution is 5.84. The Hall–Kier alpha value is -3.49. The molecule has 1 aromatic carbocycles. The van der Waals surface area contributed by atoms with Gasteiger partial charge in [-0.2, -0.15) is 0 Å². The van der Waals surface area contributed by atoms with Crippen molar-refractivity contribution in [3.63, 3.8) is 0 Å². The van der Waals surface area contributed by atoms with E-state index in [0.29, 0.717) is 10.9 Å². The highest BCUT2D eigenvalue weighted by Crippen LogP contribution is 2.05. The predicted octanol–water partition coefficient (Wildman–Crippen LogP) is 0.341. The number of rotatable bonds is 7. The molecule has 0 aliphatic carbocycles. The first-order valence-corrected chi connectivity index (χ1v) is 8.35. The first-order valence-electron chi connectivity index (χ1n) is 8.35. The van der Waals surface area contributed by atoms with Crippen molar-refractivity contribution in [1.29, 1.82) is 0 Å². The Morgan fingerprint density at radius 1 is 1.26 bits per heavy atom. The van der Waals surface area contributed by atoms with Crippen LogP contribution in [-0.2, 0) is 27.4 Å². The second-order valence-corrected chi connectivity index (χ2v) is 5.91. The molecule has 0 unspecified atom stereocenters. The molecule has 9 nitrogen and oxygen atoms in total. The number of aryl methyl sites for hydroxylation is 1. The fourth-order valence-corrected chi connectivity index (χ4v) is 2.68. The summed E-state index contributed by atoms with van der Waals surface area (Å²) in [6.45, 7) is 0.358. The molecule has 0 saturated carbocycles. The molecule has 1 atom stereocenters. The highest BCUT2D eigenvalue weighted by Gasteiger charge is 2.22. The Kier molecular flexibility index (Phi) is 5.60. The van der Waals surface area contributed by atoms with Gasteiger partial charge in [0.25, 0.3) is 5.56 Å². The van der Waals surface area contributed by atoms with Crippen molar-refractivity contribution in [2.75, 3.05) is 7.11 Å². The minimum atomic E-state index is -0.844. The van der Waals surface area contributed by atoms with Crippen LogP contribution in [0.4, 0.5) is 0 Å². The maximum atomic E-state index is 12.4. The average molecular weight is 369 g/mol. The molecule has 9 heteroatoms. The van der Waals surface area contributed by atoms with E-state index in [1.54, 1.807) is 47.6 Å². The Labute approximate surface area is 154 Å². The van der Waals surface area contributed by atoms with Gasteiger partial charge in [-0.3, -0.25) is 14.2 Å². The standard InChI is InChI=1S/C18H19N5O4/c1-27-18(26)15(10-22-9-7-19-11-22)21-16(24)6-8-23-12-20-14-5-3-2-4-13(14)17(23)25/h2-5,7,9,11-12,15H,6,8,10H2,1H3,(H,21,24)/t15-/m0/s1. The lowest BCUT2D eigenvalue weighted by Crippen LogP contribution is -2.44. The Bertz CT molecular complexity index is 996. The zero-order chi connectivity index (χ0) is 19.2. The third-order valence-electron chi connectivity index (χ3n) is 4.08. The normalized spacial score (nSPS) is 11.9. The van der Waals surface area contributed by atoms with Gasteiger partial charge in [0.1, 0.15) is 6.04 Å². The summed E-state index contributed by atoms with van der Waals surface area (Å²) in [5.74, 6) is -0.924. The fourth-order valence-electron chi connectivity index (χ4n) is 2.68. The number of aromatic nitrogens is 4. The van der Waals surface area contributed by atoms with Gasteiger partial charge in [-0.1, -0.05) is 12.1 Å². The Balaban J connectivity index is 1.65. The van der Waals surface area contributed by atoms with Crippen LogP contribution in [0.25, 0.3) is 10.9 Å². The average Bonchev–Trinajstić information content (AvgIpc) is 3.19. The van der Waals surface area contributed by atoms with Gasteiger partial charge in [0.2, 0.25) is 5.91 Å². The van der Waals surface area contributed by atoms with Crippen molar-refractivity contribution in [2.45, 2.75) is 25.6 Å². The number of ether oxygens (including phenoxy) is 1. The number of fused-ring (bicyclic) bond motifs is 1. The number of imidazole rings is 1. The third-order valence-corrected chi connectivity index (χ3v) is 4.08. The van der Waals surface area contributed by atoms with Gasteiger partial charge < -0.3 is 14.6 Å². The molecule has 2 heterocycles. The number of nitrogens with zero attached hydrogens (tertiary/aromatic N) is 4. The van der Waals surface area contributed by atoms with Crippen LogP contribution in [0, 0.1) is 0 Å². The van der Waals surface area contributed by atoms with Crippen LogP contribution in [0.15, 0.2) is 54.1 Å². The molecule has 0 fully saturated rings. The van der Waals surface area contributed by atoms with Crippen LogP contribution in [0.5, 0.6) is 0 Å². The van der Waals surface area contributed by atoms with E-state index in [4.69, 9.17) is 4.74 Å². The second-order valence-electron chi connectivity index (χ2n) is 5.91. The number of carbonyl (C=O) groups excluding carboxylic acids is 2. The quantitative estimate of drug-likeness (QED) is 0.602. The van der Waals surface area contributed by atoms with Crippen LogP contribution in [0.3, 0.4) is 0 Å². The summed E-state index contributed by atoms with van der Waals surface area (Å²) in [7, 11) is 1.26. The maximum Gasteiger partial charge on any atom is 0.330 e. The molecule has 27 heavy (non-hydrogen) atoms. The van der Waals surface area contributed by atoms with Crippen molar-refractivity contribution in [3.05, 3.63) is 59.7 Å². The van der Waals surface area contributed by atoms with Crippen molar-refractivity contribution in [1.82, 2.24) is 24.4 Å². The number of carbonyl (C=O) groups is 2. The van der Waals surface area contributed by atoms with E-state index in [2.05, 4.69) is 15.3 Å². The molecule has 2 aromatic heterocycles. The van der Waals surface area contributed by atoms with E-state index in [9.17, 15) is 14.4 Å². The number of para-hydroxylation sites is 1. The number of nitrogens with one attached hydrogen (secondary N) is 1. The number of amides is 1. The van der Waals surface area contributed by atoms with Gasteiger partial charge in [0, 0.05) is 25.4 Å². The van der Waals surface area contributed by atoms with E-state index in [1.165, 1.54) is 18.0 Å². The van der Waals surface area contributed by atoms with Crippen LogP contribution >= 0.6 is 0 Å². The van der Waals surface area contributed by atoms with E-state index in [-0.39, 0.29) is 31.0 Å². The molecule has 1 N–H and O–H groups in total. The molecule has 0 bridgehead atoms. The van der Waals surface area contributed by atoms with Crippen molar-refractivity contribution >= 4 is 22.8 Å². The summed E-state index contributed by atoms with van der Waals surface area (Å²) in [5.41, 5.74) is 0.394. The molecule has 3 aromatic rings. The molecule has 0 saturated heterocycles. The molecule has 0 aliphatic rings. The van der Waals surface area contributed by atoms with E-state index < -0.39 is 12.0 Å². The van der Waals surface area contributed by atoms with Crippen molar-refractivity contribution in [2.24, 2.45) is 0 Å². The molecular weight excluding hydrogens is 350 g/mol. The number of benzene rings is 1. The number of esters is 1. The van der Waals surface area contributed by atoms with Gasteiger partial charge in [-0.15, -0.1) is 0 Å². The number of methoxy groups -OCH3 is 1. The van der Waals surface area contributed by atoms with Crippen LogP contribution < -0.4 is 10.9 Å². The summed E-state index contributed by atoms with van der Waals surface area (Å²) in [4.78, 5) is 44.7. The lowest BCUT2D eigenvalue weighted by Gasteiger charge is -2.17. The van der Waals surface area contributed by atoms with Crippen LogP contribution in [0.1, 0.15) is 6.42 Å². The monoisotopic (exact) mass is 369 g/mol. The summed E-state index contributed by atoms with van der Waals surface area (Å²) >= 11 is 0. The van der Waals surface area contributed by atoms with E-state index >= 15 is 0 Å². The minimum absolute atomic E-state index is 0.0251. The minimum Gasteiger partial charge on any atom is -0.467 e. The van der Waals surface area contributed by atoms with Gasteiger partial charge in [-0.25, -0.2) is 14.8 Å². The fraction of sp³-hybridized carbons (Fsp3) is 0.278. The largest absolute Gasteiger partial charge is 0.467 e. The summed E-state index contributed by atoms with van der Waals surface area (Å²) < 4.78 is 7.79. The van der Waals surface area contributed by atoms with E-state index in [0.717, 1.165) is 0 Å². The second kappa shape index (κ2) is 8.26. The molecule has 0 radical (unpaired) electrons. The van der Waals surface area contributed by atoms with Gasteiger partial charge in [-0.05, 0) is 12.1 Å². The first-order chi connectivity index (χ1) is 13.1. The lowest BCUT2D eigenvalue weighted by atomic mass is 10.2. The maximum absolute atomic E-state index is 12.4. The molecule has 0 spiro atoms. The van der Waals surface area contributed by atoms with Gasteiger partial charge in [0.05, 0.1) is 37.2 Å². The topological polar surface area (TPSA) is 108 Å². The zero-order valence-corrected chi connectivity index (χ0v) is 14.7. The number of hydrogen-bond donors (Lipinski definition) is 1. The molecule has 1 amide bonds. The Morgan fingerprint density at radius 2 is 2.07 bits per heavy atom.